The number of fused-ring (bicyclic) bond motifs is 3. The van der Waals surface area contributed by atoms with Crippen LogP contribution in [0.15, 0.2) is 24.3 Å². The molecule has 0 radical (unpaired) electrons. The van der Waals surface area contributed by atoms with Crippen LogP contribution in [0.3, 0.4) is 0 Å². The summed E-state index contributed by atoms with van der Waals surface area (Å²) in [6.07, 6.45) is 6.58. The maximum absolute atomic E-state index is 13.0. The Hall–Kier alpha value is -1.46. The minimum atomic E-state index is -0.208. The zero-order valence-corrected chi connectivity index (χ0v) is 16.6. The number of epoxide rings is 1. The summed E-state index contributed by atoms with van der Waals surface area (Å²) >= 11 is 0. The number of hydrogen-bond acceptors (Lipinski definition) is 4. The van der Waals surface area contributed by atoms with Crippen LogP contribution in [0.5, 0.6) is 0 Å². The number of ether oxygens (including phenoxy) is 2. The van der Waals surface area contributed by atoms with Gasteiger partial charge in [0.05, 0.1) is 18.1 Å². The summed E-state index contributed by atoms with van der Waals surface area (Å²) in [5, 5.41) is 3.45. The Labute approximate surface area is 166 Å². The topological polar surface area (TPSA) is 50.9 Å². The van der Waals surface area contributed by atoms with E-state index in [1.54, 1.807) is 0 Å². The lowest BCUT2D eigenvalue weighted by molar-refractivity contribution is -0.147. The third-order valence-corrected chi connectivity index (χ3v) is 7.95. The van der Waals surface area contributed by atoms with Gasteiger partial charge in [-0.25, -0.2) is 4.39 Å². The predicted molar refractivity (Wildman–Crippen MR) is 103 cm³/mol. The first-order chi connectivity index (χ1) is 13.5. The second-order valence-electron chi connectivity index (χ2n) is 9.68. The molecule has 2 heterocycles. The van der Waals surface area contributed by atoms with Crippen LogP contribution in [0, 0.1) is 29.0 Å². The van der Waals surface area contributed by atoms with E-state index in [0.717, 1.165) is 38.0 Å². The van der Waals surface area contributed by atoms with Gasteiger partial charge in [0.1, 0.15) is 11.9 Å². The molecule has 2 aliphatic carbocycles. The third-order valence-electron chi connectivity index (χ3n) is 7.95. The summed E-state index contributed by atoms with van der Waals surface area (Å²) in [5.74, 6) is 0.577. The number of carbonyl (C=O) groups excluding carboxylic acids is 1. The van der Waals surface area contributed by atoms with Gasteiger partial charge in [-0.3, -0.25) is 4.79 Å². The zero-order chi connectivity index (χ0) is 19.4. The summed E-state index contributed by atoms with van der Waals surface area (Å²) < 4.78 is 24.8. The Morgan fingerprint density at radius 1 is 1.25 bits per heavy atom. The minimum absolute atomic E-state index is 0.0303. The molecule has 1 aromatic rings. The van der Waals surface area contributed by atoms with E-state index in [-0.39, 0.29) is 34.8 Å². The minimum Gasteiger partial charge on any atom is -0.462 e. The third kappa shape index (κ3) is 3.17. The van der Waals surface area contributed by atoms with E-state index < -0.39 is 0 Å². The Kier molecular flexibility index (Phi) is 4.51. The van der Waals surface area contributed by atoms with Gasteiger partial charge in [0, 0.05) is 12.5 Å². The summed E-state index contributed by atoms with van der Waals surface area (Å²) in [6.45, 7) is 4.73. The van der Waals surface area contributed by atoms with Gasteiger partial charge in [0.15, 0.2) is 0 Å². The van der Waals surface area contributed by atoms with Crippen LogP contribution in [0.1, 0.15) is 44.6 Å². The maximum Gasteiger partial charge on any atom is 0.310 e. The lowest BCUT2D eigenvalue weighted by atomic mass is 9.53. The fraction of sp³-hybridized carbons (Fsp3) is 0.696. The number of carbonyl (C=O) groups is 1. The molecule has 0 bridgehead atoms. The molecule has 5 heteroatoms. The average molecular weight is 387 g/mol. The quantitative estimate of drug-likeness (QED) is 0.477. The molecule has 2 saturated carbocycles. The highest BCUT2D eigenvalue weighted by atomic mass is 19.1. The van der Waals surface area contributed by atoms with Crippen LogP contribution in [0.25, 0.3) is 0 Å². The van der Waals surface area contributed by atoms with E-state index in [1.165, 1.54) is 31.4 Å². The molecule has 1 aromatic carbocycles. The Balaban J connectivity index is 1.20. The molecule has 4 nitrogen and oxygen atoms in total. The maximum atomic E-state index is 13.0. The van der Waals surface area contributed by atoms with Crippen molar-refractivity contribution in [2.75, 3.05) is 19.7 Å². The second-order valence-corrected chi connectivity index (χ2v) is 9.68. The van der Waals surface area contributed by atoms with Crippen molar-refractivity contribution >= 4 is 5.97 Å². The van der Waals surface area contributed by atoms with Crippen LogP contribution < -0.4 is 5.32 Å². The lowest BCUT2D eigenvalue weighted by Crippen LogP contribution is -2.51. The SMILES string of the molecule is CC12CCCC3(CO3)C1CC1C(C2)OC(=O)C1CNCCc1ccc(F)cc1. The van der Waals surface area contributed by atoms with Crippen LogP contribution in [-0.4, -0.2) is 37.4 Å². The van der Waals surface area contributed by atoms with E-state index in [2.05, 4.69) is 12.2 Å². The number of halogens is 1. The smallest absolute Gasteiger partial charge is 0.310 e. The molecule has 6 atom stereocenters. The molecule has 5 rings (SSSR count). The van der Waals surface area contributed by atoms with E-state index >= 15 is 0 Å². The van der Waals surface area contributed by atoms with Gasteiger partial charge in [0.2, 0.25) is 0 Å². The van der Waals surface area contributed by atoms with Crippen molar-refractivity contribution in [1.82, 2.24) is 5.32 Å². The first-order valence-corrected chi connectivity index (χ1v) is 10.8. The fourth-order valence-corrected chi connectivity index (χ4v) is 6.33. The van der Waals surface area contributed by atoms with Crippen LogP contribution in [-0.2, 0) is 20.7 Å². The molecule has 0 aromatic heterocycles. The standard InChI is InChI=1S/C23H30FNO3/c1-22-8-2-9-23(14-27-23)20(22)11-17-18(21(26)28-19(17)12-22)13-25-10-7-15-3-5-16(24)6-4-15/h3-6,17-20,25H,2,7-14H2,1H3. The van der Waals surface area contributed by atoms with E-state index in [1.807, 2.05) is 12.1 Å². The zero-order valence-electron chi connectivity index (χ0n) is 16.6. The number of hydrogen-bond donors (Lipinski definition) is 1. The van der Waals surface area contributed by atoms with Crippen molar-refractivity contribution in [3.8, 4) is 0 Å². The van der Waals surface area contributed by atoms with Gasteiger partial charge < -0.3 is 14.8 Å². The predicted octanol–water partition coefficient (Wildman–Crippen LogP) is 3.48. The molecular weight excluding hydrogens is 357 g/mol. The van der Waals surface area contributed by atoms with Gasteiger partial charge in [-0.15, -0.1) is 0 Å². The van der Waals surface area contributed by atoms with Crippen LogP contribution in [0.4, 0.5) is 4.39 Å². The van der Waals surface area contributed by atoms with Crippen molar-refractivity contribution in [2.24, 2.45) is 23.2 Å². The highest BCUT2D eigenvalue weighted by Crippen LogP contribution is 2.62. The van der Waals surface area contributed by atoms with Gasteiger partial charge in [0.25, 0.3) is 0 Å². The molecule has 2 saturated heterocycles. The van der Waals surface area contributed by atoms with E-state index in [0.29, 0.717) is 18.4 Å². The van der Waals surface area contributed by atoms with Gasteiger partial charge >= 0.3 is 5.97 Å². The van der Waals surface area contributed by atoms with Crippen molar-refractivity contribution in [2.45, 2.75) is 57.2 Å². The van der Waals surface area contributed by atoms with Crippen LogP contribution >= 0.6 is 0 Å². The summed E-state index contributed by atoms with van der Waals surface area (Å²) in [5.41, 5.74) is 1.45. The molecule has 1 spiro atoms. The van der Waals surface area contributed by atoms with Crippen molar-refractivity contribution in [3.63, 3.8) is 0 Å². The molecule has 4 aliphatic rings. The van der Waals surface area contributed by atoms with E-state index in [9.17, 15) is 9.18 Å². The number of rotatable bonds is 5. The Bertz CT molecular complexity index is 747. The molecule has 0 amide bonds. The van der Waals surface area contributed by atoms with Crippen molar-refractivity contribution < 1.29 is 18.7 Å². The Morgan fingerprint density at radius 3 is 2.79 bits per heavy atom. The van der Waals surface area contributed by atoms with Crippen molar-refractivity contribution in [1.29, 1.82) is 0 Å². The Morgan fingerprint density at radius 2 is 2.04 bits per heavy atom. The molecule has 4 fully saturated rings. The summed E-state index contributed by atoms with van der Waals surface area (Å²) in [4.78, 5) is 12.6. The highest BCUT2D eigenvalue weighted by Gasteiger charge is 2.64. The number of benzene rings is 1. The lowest BCUT2D eigenvalue weighted by Gasteiger charge is -2.51. The molecule has 1 N–H and O–H groups in total. The van der Waals surface area contributed by atoms with Crippen LogP contribution in [0.2, 0.25) is 0 Å². The molecule has 2 aliphatic heterocycles. The molecule has 6 unspecified atom stereocenters. The fourth-order valence-electron chi connectivity index (χ4n) is 6.33. The number of nitrogens with one attached hydrogen (secondary N) is 1. The normalized spacial score (nSPS) is 41.4. The number of esters is 1. The van der Waals surface area contributed by atoms with Gasteiger partial charge in [-0.05, 0) is 74.1 Å². The van der Waals surface area contributed by atoms with Crippen molar-refractivity contribution in [3.05, 3.63) is 35.6 Å². The second kappa shape index (κ2) is 6.81. The summed E-state index contributed by atoms with van der Waals surface area (Å²) in [6, 6.07) is 6.62. The highest BCUT2D eigenvalue weighted by molar-refractivity contribution is 5.75. The first-order valence-electron chi connectivity index (χ1n) is 10.8. The average Bonchev–Trinajstić information content (AvgIpc) is 3.36. The first kappa shape index (κ1) is 18.6. The van der Waals surface area contributed by atoms with Gasteiger partial charge in [-0.1, -0.05) is 19.1 Å². The molecule has 28 heavy (non-hydrogen) atoms. The molecule has 152 valence electrons. The summed E-state index contributed by atoms with van der Waals surface area (Å²) in [7, 11) is 0. The van der Waals surface area contributed by atoms with E-state index in [4.69, 9.17) is 9.47 Å². The molecular formula is C23H30FNO3. The van der Waals surface area contributed by atoms with Gasteiger partial charge in [-0.2, -0.15) is 0 Å². The largest absolute Gasteiger partial charge is 0.462 e. The monoisotopic (exact) mass is 387 g/mol.